The summed E-state index contributed by atoms with van der Waals surface area (Å²) in [5.74, 6) is 0.0183. The van der Waals surface area contributed by atoms with Crippen molar-refractivity contribution in [1.82, 2.24) is 0 Å². The second-order valence-corrected chi connectivity index (χ2v) is 10.0. The fourth-order valence-electron chi connectivity index (χ4n) is 3.35. The summed E-state index contributed by atoms with van der Waals surface area (Å²) in [6.07, 6.45) is 1.59. The average Bonchev–Trinajstić information content (AvgIpc) is 2.86. The highest BCUT2D eigenvalue weighted by Crippen LogP contribution is 2.35. The number of amides is 1. The van der Waals surface area contributed by atoms with Gasteiger partial charge >= 0.3 is 0 Å². The molecule has 0 spiro atoms. The van der Waals surface area contributed by atoms with Crippen molar-refractivity contribution in [2.75, 3.05) is 29.9 Å². The molecule has 0 aromatic heterocycles. The van der Waals surface area contributed by atoms with E-state index in [-0.39, 0.29) is 32.6 Å². The molecule has 3 rings (SSSR count). The predicted molar refractivity (Wildman–Crippen MR) is 141 cm³/mol. The van der Waals surface area contributed by atoms with Crippen LogP contribution in [0.3, 0.4) is 0 Å². The molecule has 0 saturated heterocycles. The van der Waals surface area contributed by atoms with Gasteiger partial charge in [0.15, 0.2) is 0 Å². The van der Waals surface area contributed by atoms with Crippen molar-refractivity contribution in [3.05, 3.63) is 94.0 Å². The molecule has 0 bridgehead atoms. The monoisotopic (exact) mass is 545 g/mol. The van der Waals surface area contributed by atoms with Crippen molar-refractivity contribution in [3.63, 3.8) is 0 Å². The van der Waals surface area contributed by atoms with Gasteiger partial charge in [-0.15, -0.1) is 0 Å². The van der Waals surface area contributed by atoms with Crippen molar-refractivity contribution in [2.24, 2.45) is 0 Å². The van der Waals surface area contributed by atoms with Crippen LogP contribution < -0.4 is 19.1 Å². The zero-order valence-electron chi connectivity index (χ0n) is 20.0. The van der Waals surface area contributed by atoms with E-state index in [1.807, 2.05) is 0 Å². The summed E-state index contributed by atoms with van der Waals surface area (Å²) in [4.78, 5) is 23.4. The largest absolute Gasteiger partial charge is 0.495 e. The first kappa shape index (κ1) is 27.5. The molecule has 0 aliphatic carbocycles. The van der Waals surface area contributed by atoms with Gasteiger partial charge in [-0.25, -0.2) is 8.42 Å². The van der Waals surface area contributed by atoms with Crippen LogP contribution in [0.2, 0.25) is 5.02 Å². The molecule has 0 aliphatic rings. The van der Waals surface area contributed by atoms with Crippen molar-refractivity contribution in [2.45, 2.75) is 11.8 Å². The van der Waals surface area contributed by atoms with E-state index in [0.717, 1.165) is 10.4 Å². The van der Waals surface area contributed by atoms with Crippen LogP contribution >= 0.6 is 11.6 Å². The molecule has 1 N–H and O–H groups in total. The van der Waals surface area contributed by atoms with Gasteiger partial charge in [0.2, 0.25) is 5.91 Å². The summed E-state index contributed by atoms with van der Waals surface area (Å²) >= 11 is 6.13. The van der Waals surface area contributed by atoms with Gasteiger partial charge in [-0.3, -0.25) is 19.2 Å². The molecular weight excluding hydrogens is 522 g/mol. The van der Waals surface area contributed by atoms with Crippen molar-refractivity contribution >= 4 is 44.6 Å². The molecule has 12 heteroatoms. The van der Waals surface area contributed by atoms with Gasteiger partial charge < -0.3 is 14.8 Å². The normalized spacial score (nSPS) is 10.9. The molecule has 0 saturated carbocycles. The van der Waals surface area contributed by atoms with Crippen molar-refractivity contribution in [3.8, 4) is 11.5 Å². The third-order valence-electron chi connectivity index (χ3n) is 5.17. The van der Waals surface area contributed by atoms with Gasteiger partial charge in [-0.05, 0) is 55.5 Å². The smallest absolute Gasteiger partial charge is 0.273 e. The SMILES string of the molecule is C=CCOc1ccc(NC(=O)CN(c2cc(Cl)ccc2OC)S(=O)(=O)c2ccc(C)c([N+](=O)[O-])c2)cc1. The summed E-state index contributed by atoms with van der Waals surface area (Å²) in [5, 5.41) is 14.3. The number of aryl methyl sites for hydroxylation is 1. The Morgan fingerprint density at radius 1 is 1.16 bits per heavy atom. The number of halogens is 1. The third kappa shape index (κ3) is 6.57. The Morgan fingerprint density at radius 3 is 2.49 bits per heavy atom. The topological polar surface area (TPSA) is 128 Å². The minimum absolute atomic E-state index is 0.0125. The molecule has 37 heavy (non-hydrogen) atoms. The molecule has 0 aliphatic heterocycles. The number of sulfonamides is 1. The number of rotatable bonds is 11. The van der Waals surface area contributed by atoms with Crippen LogP contribution in [-0.2, 0) is 14.8 Å². The first-order chi connectivity index (χ1) is 17.6. The van der Waals surface area contributed by atoms with Crippen LogP contribution in [0.15, 0.2) is 78.2 Å². The van der Waals surface area contributed by atoms with E-state index < -0.39 is 27.4 Å². The molecule has 194 valence electrons. The van der Waals surface area contributed by atoms with Gasteiger partial charge in [0.1, 0.15) is 24.7 Å². The van der Waals surface area contributed by atoms with Gasteiger partial charge in [0.05, 0.1) is 22.6 Å². The number of carbonyl (C=O) groups is 1. The summed E-state index contributed by atoms with van der Waals surface area (Å²) in [7, 11) is -3.14. The van der Waals surface area contributed by atoms with Crippen LogP contribution in [0.4, 0.5) is 17.1 Å². The van der Waals surface area contributed by atoms with E-state index in [0.29, 0.717) is 18.0 Å². The van der Waals surface area contributed by atoms with Gasteiger partial charge in [-0.1, -0.05) is 30.3 Å². The van der Waals surface area contributed by atoms with Crippen molar-refractivity contribution < 1.29 is 27.6 Å². The van der Waals surface area contributed by atoms with E-state index in [9.17, 15) is 23.3 Å². The number of nitrogens with zero attached hydrogens (tertiary/aromatic N) is 2. The molecule has 3 aromatic rings. The highest BCUT2D eigenvalue weighted by Gasteiger charge is 2.31. The fraction of sp³-hybridized carbons (Fsp3) is 0.160. The Kier molecular flexibility index (Phi) is 8.74. The van der Waals surface area contributed by atoms with Gasteiger partial charge in [0.25, 0.3) is 15.7 Å². The number of hydrogen-bond donors (Lipinski definition) is 1. The number of nitro groups is 1. The Morgan fingerprint density at radius 2 is 1.86 bits per heavy atom. The lowest BCUT2D eigenvalue weighted by Gasteiger charge is -2.26. The van der Waals surface area contributed by atoms with Crippen LogP contribution in [0.1, 0.15) is 5.56 Å². The molecule has 1 amide bonds. The van der Waals surface area contributed by atoms with E-state index >= 15 is 0 Å². The van der Waals surface area contributed by atoms with Gasteiger partial charge in [0, 0.05) is 22.3 Å². The molecule has 10 nitrogen and oxygen atoms in total. The minimum Gasteiger partial charge on any atom is -0.495 e. The third-order valence-corrected chi connectivity index (χ3v) is 7.16. The van der Waals surface area contributed by atoms with E-state index in [4.69, 9.17) is 21.1 Å². The minimum atomic E-state index is -4.48. The lowest BCUT2D eigenvalue weighted by molar-refractivity contribution is -0.385. The number of hydrogen-bond acceptors (Lipinski definition) is 7. The maximum Gasteiger partial charge on any atom is 0.273 e. The lowest BCUT2D eigenvalue weighted by Crippen LogP contribution is -2.38. The number of nitro benzene ring substituents is 1. The molecule has 0 atom stereocenters. The number of methoxy groups -OCH3 is 1. The van der Waals surface area contributed by atoms with Crippen LogP contribution in [0.25, 0.3) is 0 Å². The lowest BCUT2D eigenvalue weighted by atomic mass is 10.2. The fourth-order valence-corrected chi connectivity index (χ4v) is 4.96. The highest BCUT2D eigenvalue weighted by atomic mass is 35.5. The predicted octanol–water partition coefficient (Wildman–Crippen LogP) is 4.96. The Balaban J connectivity index is 2.00. The standard InChI is InChI=1S/C25H24ClN3O7S/c1-4-13-36-20-9-7-19(8-10-20)27-25(30)16-28(23-14-18(26)6-12-24(23)35-3)37(33,34)21-11-5-17(2)22(15-21)29(31)32/h4-12,14-15H,1,13,16H2,2-3H3,(H,27,30). The Bertz CT molecular complexity index is 1430. The van der Waals surface area contributed by atoms with E-state index in [1.54, 1.807) is 30.3 Å². The van der Waals surface area contributed by atoms with Crippen LogP contribution in [-0.4, -0.2) is 39.5 Å². The highest BCUT2D eigenvalue weighted by molar-refractivity contribution is 7.92. The number of carbonyl (C=O) groups excluding carboxylic acids is 1. The maximum atomic E-state index is 13.7. The molecule has 3 aromatic carbocycles. The summed E-state index contributed by atoms with van der Waals surface area (Å²) < 4.78 is 39.0. The Labute approximate surface area is 219 Å². The average molecular weight is 546 g/mol. The van der Waals surface area contributed by atoms with Gasteiger partial charge in [-0.2, -0.15) is 0 Å². The number of ether oxygens (including phenoxy) is 2. The first-order valence-electron chi connectivity index (χ1n) is 10.8. The number of anilines is 2. The maximum absolute atomic E-state index is 13.7. The van der Waals surface area contributed by atoms with E-state index in [1.165, 1.54) is 44.4 Å². The zero-order chi connectivity index (χ0) is 27.2. The quantitative estimate of drug-likeness (QED) is 0.205. The molecular formula is C25H24ClN3O7S. The van der Waals surface area contributed by atoms with Crippen LogP contribution in [0, 0.1) is 17.0 Å². The second-order valence-electron chi connectivity index (χ2n) is 7.71. The summed E-state index contributed by atoms with van der Waals surface area (Å²) in [5.41, 5.74) is 0.301. The first-order valence-corrected chi connectivity index (χ1v) is 12.6. The molecule has 0 unspecified atom stereocenters. The summed E-state index contributed by atoms with van der Waals surface area (Å²) in [6, 6.07) is 14.3. The van der Waals surface area contributed by atoms with Crippen molar-refractivity contribution in [1.29, 1.82) is 0 Å². The van der Waals surface area contributed by atoms with Crippen LogP contribution in [0.5, 0.6) is 11.5 Å². The summed E-state index contributed by atoms with van der Waals surface area (Å²) in [6.45, 7) is 4.71. The molecule has 0 radical (unpaired) electrons. The number of benzene rings is 3. The zero-order valence-corrected chi connectivity index (χ0v) is 21.6. The second kappa shape index (κ2) is 11.8. The molecule has 0 heterocycles. The number of nitrogens with one attached hydrogen (secondary N) is 1. The van der Waals surface area contributed by atoms with E-state index in [2.05, 4.69) is 11.9 Å². The molecule has 0 fully saturated rings. The Hall–Kier alpha value is -4.09.